The minimum atomic E-state index is -5.74. The number of alkyl halides is 3. The number of nitrogens with zero attached hydrogens (tertiary/aromatic N) is 1. The Bertz CT molecular complexity index is 861. The molecule has 0 fully saturated rings. The van der Waals surface area contributed by atoms with Crippen molar-refractivity contribution in [2.24, 2.45) is 5.10 Å². The molecule has 0 aliphatic heterocycles. The van der Waals surface area contributed by atoms with Crippen LogP contribution in [0.15, 0.2) is 53.6 Å². The van der Waals surface area contributed by atoms with Gasteiger partial charge < -0.3 is 9.61 Å². The van der Waals surface area contributed by atoms with Crippen molar-refractivity contribution in [3.63, 3.8) is 0 Å². The molecule has 0 spiro atoms. The molecule has 134 valence electrons. The lowest BCUT2D eigenvalue weighted by Gasteiger charge is -2.11. The minimum absolute atomic E-state index is 0.382. The van der Waals surface area contributed by atoms with E-state index >= 15 is 0 Å². The number of hydrazone groups is 1. The quantitative estimate of drug-likeness (QED) is 0.286. The van der Waals surface area contributed by atoms with Crippen molar-refractivity contribution in [1.29, 1.82) is 0 Å². The van der Waals surface area contributed by atoms with Gasteiger partial charge in [0.15, 0.2) is 0 Å². The van der Waals surface area contributed by atoms with E-state index in [1.54, 1.807) is 0 Å². The van der Waals surface area contributed by atoms with Crippen molar-refractivity contribution in [1.82, 2.24) is 5.43 Å². The van der Waals surface area contributed by atoms with Crippen molar-refractivity contribution < 1.29 is 30.2 Å². The van der Waals surface area contributed by atoms with Crippen molar-refractivity contribution >= 4 is 15.8 Å². The largest absolute Gasteiger partial charge is 0.534 e. The summed E-state index contributed by atoms with van der Waals surface area (Å²) in [6.07, 6.45) is 0. The number of hydrogen-bond donors (Lipinski definition) is 1. The van der Waals surface area contributed by atoms with Gasteiger partial charge in [-0.15, -0.1) is 0 Å². The lowest BCUT2D eigenvalue weighted by Crippen LogP contribution is -2.28. The van der Waals surface area contributed by atoms with Crippen LogP contribution in [0.3, 0.4) is 0 Å². The number of hydrogen-bond acceptors (Lipinski definition) is 5. The zero-order chi connectivity index (χ0) is 18.7. The summed E-state index contributed by atoms with van der Waals surface area (Å²) in [4.78, 5) is 0. The second-order valence-corrected chi connectivity index (χ2v) is 6.24. The van der Waals surface area contributed by atoms with Crippen molar-refractivity contribution in [3.8, 4) is 5.75 Å². The van der Waals surface area contributed by atoms with Gasteiger partial charge >= 0.3 is 15.6 Å². The smallest absolute Gasteiger partial charge is 0.376 e. The first-order valence-corrected chi connectivity index (χ1v) is 8.16. The Labute approximate surface area is 141 Å². The maximum Gasteiger partial charge on any atom is 0.534 e. The Morgan fingerprint density at radius 3 is 1.92 bits per heavy atom. The molecule has 0 atom stereocenters. The summed E-state index contributed by atoms with van der Waals surface area (Å²) in [5.74, 6) is -0.933. The summed E-state index contributed by atoms with van der Waals surface area (Å²) in [6, 6.07) is 10.2. The van der Waals surface area contributed by atoms with E-state index in [0.29, 0.717) is 16.8 Å². The van der Waals surface area contributed by atoms with Crippen molar-refractivity contribution in [2.75, 3.05) is 7.05 Å². The third-order valence-corrected chi connectivity index (χ3v) is 3.94. The molecule has 0 unspecified atom stereocenters. The number of nitrogens with one attached hydrogen (secondary N) is 1. The van der Waals surface area contributed by atoms with Crippen molar-refractivity contribution in [2.45, 2.75) is 5.51 Å². The van der Waals surface area contributed by atoms with Crippen LogP contribution in [0.4, 0.5) is 17.6 Å². The molecule has 0 aliphatic carbocycles. The fourth-order valence-electron chi connectivity index (χ4n) is 1.86. The lowest BCUT2D eigenvalue weighted by atomic mass is 10.0. The Morgan fingerprint density at radius 1 is 1.00 bits per heavy atom. The first kappa shape index (κ1) is 18.7. The van der Waals surface area contributed by atoms with Crippen LogP contribution in [0.2, 0.25) is 0 Å². The van der Waals surface area contributed by atoms with E-state index in [2.05, 4.69) is 14.7 Å². The summed E-state index contributed by atoms with van der Waals surface area (Å²) >= 11 is 0. The first-order chi connectivity index (χ1) is 11.6. The van der Waals surface area contributed by atoms with Crippen molar-refractivity contribution in [3.05, 3.63) is 65.5 Å². The molecule has 1 N–H and O–H groups in total. The average molecular weight is 376 g/mol. The van der Waals surface area contributed by atoms with Gasteiger partial charge in [-0.25, -0.2) is 4.39 Å². The Morgan fingerprint density at radius 2 is 1.48 bits per heavy atom. The highest BCUT2D eigenvalue weighted by Gasteiger charge is 2.48. The molecule has 2 rings (SSSR count). The maximum absolute atomic E-state index is 13.0. The van der Waals surface area contributed by atoms with Gasteiger partial charge in [0.05, 0.1) is 5.71 Å². The van der Waals surface area contributed by atoms with Gasteiger partial charge in [-0.1, -0.05) is 0 Å². The van der Waals surface area contributed by atoms with Gasteiger partial charge in [0, 0.05) is 18.2 Å². The summed E-state index contributed by atoms with van der Waals surface area (Å²) in [5, 5.41) is 4.04. The monoisotopic (exact) mass is 376 g/mol. The third-order valence-electron chi connectivity index (χ3n) is 2.96. The first-order valence-electron chi connectivity index (χ1n) is 6.75. The second kappa shape index (κ2) is 7.09. The minimum Gasteiger partial charge on any atom is -0.376 e. The number of rotatable bonds is 5. The molecular formula is C15H12F4N2O3S. The fraction of sp³-hybridized carbons (Fsp3) is 0.133. The molecule has 2 aromatic carbocycles. The van der Waals surface area contributed by atoms with Gasteiger partial charge in [0.25, 0.3) is 0 Å². The van der Waals surface area contributed by atoms with E-state index in [9.17, 15) is 26.0 Å². The molecule has 0 amide bonds. The zero-order valence-corrected chi connectivity index (χ0v) is 13.5. The van der Waals surface area contributed by atoms with E-state index in [1.165, 1.54) is 43.4 Å². The van der Waals surface area contributed by atoms with Crippen LogP contribution in [-0.4, -0.2) is 26.7 Å². The van der Waals surface area contributed by atoms with Gasteiger partial charge in [-0.05, 0) is 48.5 Å². The molecule has 0 radical (unpaired) electrons. The molecule has 0 aromatic heterocycles. The molecule has 0 aliphatic rings. The molecule has 0 saturated heterocycles. The van der Waals surface area contributed by atoms with Crippen LogP contribution < -0.4 is 9.61 Å². The molecule has 0 bridgehead atoms. The normalized spacial score (nSPS) is 12.8. The van der Waals surface area contributed by atoms with Gasteiger partial charge in [0.2, 0.25) is 0 Å². The predicted molar refractivity (Wildman–Crippen MR) is 83.1 cm³/mol. The van der Waals surface area contributed by atoms with E-state index < -0.39 is 27.2 Å². The molecule has 2 aromatic rings. The van der Waals surface area contributed by atoms with Crippen LogP contribution in [0, 0.1) is 5.82 Å². The lowest BCUT2D eigenvalue weighted by molar-refractivity contribution is -0.0500. The summed E-state index contributed by atoms with van der Waals surface area (Å²) in [5.41, 5.74) is -1.56. The van der Waals surface area contributed by atoms with E-state index in [4.69, 9.17) is 0 Å². The predicted octanol–water partition coefficient (Wildman–Crippen LogP) is 3.03. The Hall–Kier alpha value is -2.62. The third kappa shape index (κ3) is 4.47. The standard InChI is InChI=1S/C15H12F4N2O3S/c1-20-21-14(10-2-6-12(16)7-3-10)11-4-8-13(9-5-11)24-25(22,23)15(17,18)19/h2-9,20H,1H3. The summed E-state index contributed by atoms with van der Waals surface area (Å²) in [6.45, 7) is 0. The highest BCUT2D eigenvalue weighted by atomic mass is 32.2. The topological polar surface area (TPSA) is 67.8 Å². The summed E-state index contributed by atoms with van der Waals surface area (Å²) in [7, 11) is -4.20. The van der Waals surface area contributed by atoms with Crippen LogP contribution in [-0.2, 0) is 10.1 Å². The van der Waals surface area contributed by atoms with Crippen LogP contribution in [0.1, 0.15) is 11.1 Å². The highest BCUT2D eigenvalue weighted by Crippen LogP contribution is 2.27. The van der Waals surface area contributed by atoms with E-state index in [1.807, 2.05) is 0 Å². The number of halogens is 4. The van der Waals surface area contributed by atoms with Gasteiger partial charge in [0.1, 0.15) is 11.6 Å². The van der Waals surface area contributed by atoms with Gasteiger partial charge in [-0.2, -0.15) is 26.7 Å². The summed E-state index contributed by atoms with van der Waals surface area (Å²) < 4.78 is 75.9. The molecule has 5 nitrogen and oxygen atoms in total. The maximum atomic E-state index is 13.0. The fourth-order valence-corrected chi connectivity index (χ4v) is 2.32. The number of benzene rings is 2. The highest BCUT2D eigenvalue weighted by molar-refractivity contribution is 7.88. The zero-order valence-electron chi connectivity index (χ0n) is 12.7. The molecule has 0 heterocycles. The van der Waals surface area contributed by atoms with E-state index in [0.717, 1.165) is 12.1 Å². The second-order valence-electron chi connectivity index (χ2n) is 4.70. The molecule has 0 saturated carbocycles. The molecular weight excluding hydrogens is 364 g/mol. The molecule has 10 heteroatoms. The van der Waals surface area contributed by atoms with E-state index in [-0.39, 0.29) is 0 Å². The van der Waals surface area contributed by atoms with Gasteiger partial charge in [-0.3, -0.25) is 0 Å². The average Bonchev–Trinajstić information content (AvgIpc) is 2.53. The van der Waals surface area contributed by atoms with Crippen LogP contribution >= 0.6 is 0 Å². The Balaban J connectivity index is 2.31. The molecule has 25 heavy (non-hydrogen) atoms. The van der Waals surface area contributed by atoms with Crippen LogP contribution in [0.5, 0.6) is 5.75 Å². The Kier molecular flexibility index (Phi) is 5.31. The SMILES string of the molecule is CNN=C(c1ccc(F)cc1)c1ccc(OS(=O)(=O)C(F)(F)F)cc1. The van der Waals surface area contributed by atoms with Crippen LogP contribution in [0.25, 0.3) is 0 Å².